The fourth-order valence-electron chi connectivity index (χ4n) is 3.94. The van der Waals surface area contributed by atoms with Gasteiger partial charge in [-0.3, -0.25) is 9.58 Å². The molecule has 10 heteroatoms. The highest BCUT2D eigenvalue weighted by Crippen LogP contribution is 2.23. The van der Waals surface area contributed by atoms with E-state index in [4.69, 9.17) is 0 Å². The van der Waals surface area contributed by atoms with Crippen molar-refractivity contribution in [3.63, 3.8) is 0 Å². The van der Waals surface area contributed by atoms with E-state index in [1.165, 1.54) is 0 Å². The van der Waals surface area contributed by atoms with Gasteiger partial charge in [-0.2, -0.15) is 10.1 Å². The zero-order chi connectivity index (χ0) is 23.0. The van der Waals surface area contributed by atoms with Crippen LogP contribution in [0.4, 0.5) is 11.6 Å². The molecule has 172 valence electrons. The summed E-state index contributed by atoms with van der Waals surface area (Å²) in [4.78, 5) is 6.79. The third-order valence-corrected chi connectivity index (χ3v) is 7.45. The number of sulfone groups is 1. The minimum Gasteiger partial charge on any atom is -0.320 e. The van der Waals surface area contributed by atoms with E-state index in [2.05, 4.69) is 63.5 Å². The maximum atomic E-state index is 11.6. The van der Waals surface area contributed by atoms with E-state index in [1.54, 1.807) is 6.20 Å². The summed E-state index contributed by atoms with van der Waals surface area (Å²) in [7, 11) is -2.86. The van der Waals surface area contributed by atoms with Crippen LogP contribution in [-0.2, 0) is 16.4 Å². The smallest absolute Gasteiger partial charge is 0.247 e. The van der Waals surface area contributed by atoms with Crippen molar-refractivity contribution in [1.29, 1.82) is 0 Å². The fraction of sp³-hybridized carbons (Fsp3) is 0.348. The number of nitrogens with zero attached hydrogens (tertiary/aromatic N) is 6. The maximum absolute atomic E-state index is 11.6. The molecule has 0 radical (unpaired) electrons. The van der Waals surface area contributed by atoms with E-state index < -0.39 is 9.84 Å². The Balaban J connectivity index is 1.34. The van der Waals surface area contributed by atoms with Gasteiger partial charge in [0.05, 0.1) is 29.1 Å². The van der Waals surface area contributed by atoms with Crippen molar-refractivity contribution in [3.05, 3.63) is 60.4 Å². The highest BCUT2D eigenvalue weighted by Gasteiger charge is 2.21. The minimum atomic E-state index is -2.86. The van der Waals surface area contributed by atoms with Crippen LogP contribution in [0.25, 0.3) is 16.9 Å². The van der Waals surface area contributed by atoms with Crippen molar-refractivity contribution in [2.75, 3.05) is 29.9 Å². The largest absolute Gasteiger partial charge is 0.320 e. The molecule has 5 rings (SSSR count). The molecule has 1 N–H and O–H groups in total. The van der Waals surface area contributed by atoms with Crippen LogP contribution in [0.1, 0.15) is 25.5 Å². The molecular formula is C23H27N7O2S. The van der Waals surface area contributed by atoms with Crippen LogP contribution in [0, 0.1) is 0 Å². The summed E-state index contributed by atoms with van der Waals surface area (Å²) in [6.45, 7) is 6.09. The summed E-state index contributed by atoms with van der Waals surface area (Å²) in [5, 5.41) is 12.2. The zero-order valence-corrected chi connectivity index (χ0v) is 19.5. The summed E-state index contributed by atoms with van der Waals surface area (Å²) in [6, 6.07) is 14.5. The number of anilines is 2. The molecule has 1 aromatic carbocycles. The molecule has 0 amide bonds. The van der Waals surface area contributed by atoms with Gasteiger partial charge in [0.2, 0.25) is 5.95 Å². The summed E-state index contributed by atoms with van der Waals surface area (Å²) in [5.41, 5.74) is 4.74. The third-order valence-electron chi connectivity index (χ3n) is 5.84. The second kappa shape index (κ2) is 8.60. The predicted molar refractivity (Wildman–Crippen MR) is 128 cm³/mol. The van der Waals surface area contributed by atoms with Gasteiger partial charge >= 0.3 is 0 Å². The Morgan fingerprint density at radius 1 is 1.06 bits per heavy atom. The standard InChI is InChI=1S/C23H27N7O2S/c1-17(2)29-16-20(14-24-29)25-23-26-22-5-3-4-21(30(22)27-23)19-8-6-18(7-9-19)15-28-10-12-33(31,32)13-11-28/h3-9,14,16-17H,10-13,15H2,1-2H3,(H,25,27). The van der Waals surface area contributed by atoms with E-state index >= 15 is 0 Å². The maximum Gasteiger partial charge on any atom is 0.247 e. The van der Waals surface area contributed by atoms with Gasteiger partial charge in [0.15, 0.2) is 15.5 Å². The van der Waals surface area contributed by atoms with Crippen molar-refractivity contribution in [2.45, 2.75) is 26.4 Å². The van der Waals surface area contributed by atoms with Gasteiger partial charge in [-0.15, -0.1) is 5.10 Å². The van der Waals surface area contributed by atoms with Crippen LogP contribution < -0.4 is 5.32 Å². The Kier molecular flexibility index (Phi) is 5.63. The van der Waals surface area contributed by atoms with Crippen molar-refractivity contribution < 1.29 is 8.42 Å². The van der Waals surface area contributed by atoms with Gasteiger partial charge in [-0.05, 0) is 31.5 Å². The van der Waals surface area contributed by atoms with Crippen molar-refractivity contribution in [1.82, 2.24) is 29.3 Å². The number of hydrogen-bond donors (Lipinski definition) is 1. The van der Waals surface area contributed by atoms with Gasteiger partial charge in [0, 0.05) is 37.4 Å². The Hall–Kier alpha value is -3.24. The molecule has 9 nitrogen and oxygen atoms in total. The lowest BCUT2D eigenvalue weighted by Crippen LogP contribution is -2.39. The van der Waals surface area contributed by atoms with E-state index in [9.17, 15) is 8.42 Å². The lowest BCUT2D eigenvalue weighted by Gasteiger charge is -2.26. The lowest BCUT2D eigenvalue weighted by atomic mass is 10.1. The topological polar surface area (TPSA) is 97.4 Å². The molecule has 0 atom stereocenters. The number of hydrogen-bond acceptors (Lipinski definition) is 7. The molecule has 0 unspecified atom stereocenters. The first kappa shape index (κ1) is 21.6. The highest BCUT2D eigenvalue weighted by atomic mass is 32.2. The average molecular weight is 466 g/mol. The van der Waals surface area contributed by atoms with Crippen LogP contribution >= 0.6 is 0 Å². The molecule has 4 heterocycles. The fourth-order valence-corrected chi connectivity index (χ4v) is 5.22. The molecule has 1 aliphatic rings. The highest BCUT2D eigenvalue weighted by molar-refractivity contribution is 7.91. The Labute approximate surface area is 193 Å². The number of fused-ring (bicyclic) bond motifs is 1. The van der Waals surface area contributed by atoms with Crippen LogP contribution in [0.2, 0.25) is 0 Å². The van der Waals surface area contributed by atoms with Gasteiger partial charge in [0.25, 0.3) is 0 Å². The summed E-state index contributed by atoms with van der Waals surface area (Å²) >= 11 is 0. The number of pyridine rings is 1. The summed E-state index contributed by atoms with van der Waals surface area (Å²) in [5.74, 6) is 1.00. The Morgan fingerprint density at radius 2 is 1.82 bits per heavy atom. The van der Waals surface area contributed by atoms with Gasteiger partial charge < -0.3 is 5.32 Å². The monoisotopic (exact) mass is 465 g/mol. The molecule has 1 fully saturated rings. The van der Waals surface area contributed by atoms with E-state index in [0.717, 1.165) is 34.7 Å². The molecule has 0 aliphatic carbocycles. The van der Waals surface area contributed by atoms with Gasteiger partial charge in [-0.25, -0.2) is 12.9 Å². The third kappa shape index (κ3) is 4.76. The minimum absolute atomic E-state index is 0.244. The summed E-state index contributed by atoms with van der Waals surface area (Å²) < 4.78 is 27.0. The average Bonchev–Trinajstić information content (AvgIpc) is 3.42. The first-order valence-corrected chi connectivity index (χ1v) is 12.9. The predicted octanol–water partition coefficient (Wildman–Crippen LogP) is 3.15. The SMILES string of the molecule is CC(C)n1cc(Nc2nc3cccc(-c4ccc(CN5CCS(=O)(=O)CC5)cc4)n3n2)cn1. The first-order valence-electron chi connectivity index (χ1n) is 11.1. The summed E-state index contributed by atoms with van der Waals surface area (Å²) in [6.07, 6.45) is 3.71. The second-order valence-electron chi connectivity index (χ2n) is 8.67. The molecule has 1 saturated heterocycles. The van der Waals surface area contributed by atoms with Crippen molar-refractivity contribution >= 4 is 27.1 Å². The second-order valence-corrected chi connectivity index (χ2v) is 11.0. The van der Waals surface area contributed by atoms with E-state index in [-0.39, 0.29) is 17.5 Å². The van der Waals surface area contributed by atoms with Gasteiger partial charge in [0.1, 0.15) is 0 Å². The van der Waals surface area contributed by atoms with Crippen molar-refractivity contribution in [2.24, 2.45) is 0 Å². The molecule has 1 aliphatic heterocycles. The Bertz CT molecular complexity index is 1360. The molecule has 0 spiro atoms. The van der Waals surface area contributed by atoms with Gasteiger partial charge in [-0.1, -0.05) is 30.3 Å². The number of aromatic nitrogens is 5. The van der Waals surface area contributed by atoms with Crippen LogP contribution in [0.3, 0.4) is 0 Å². The number of nitrogens with one attached hydrogen (secondary N) is 1. The van der Waals surface area contributed by atoms with Crippen LogP contribution in [0.5, 0.6) is 0 Å². The molecule has 0 saturated carbocycles. The van der Waals surface area contributed by atoms with Crippen LogP contribution in [0.15, 0.2) is 54.9 Å². The molecule has 4 aromatic rings. The van der Waals surface area contributed by atoms with E-state index in [1.807, 2.05) is 33.6 Å². The molecule has 0 bridgehead atoms. The molecular weight excluding hydrogens is 438 g/mol. The quantitative estimate of drug-likeness (QED) is 0.467. The number of benzene rings is 1. The molecule has 3 aromatic heterocycles. The first-order chi connectivity index (χ1) is 15.9. The zero-order valence-electron chi connectivity index (χ0n) is 18.7. The molecule has 33 heavy (non-hydrogen) atoms. The Morgan fingerprint density at radius 3 is 2.52 bits per heavy atom. The van der Waals surface area contributed by atoms with E-state index in [0.29, 0.717) is 19.0 Å². The van der Waals surface area contributed by atoms with Crippen LogP contribution in [-0.4, -0.2) is 62.3 Å². The van der Waals surface area contributed by atoms with Crippen molar-refractivity contribution in [3.8, 4) is 11.3 Å². The lowest BCUT2D eigenvalue weighted by molar-refractivity contribution is 0.287. The number of rotatable bonds is 6. The normalized spacial score (nSPS) is 16.5.